The standard InChI is InChI=1S/C14H27NS/c1-3-10-15-13-8-9-14(11(13)2)16-12-6-4-5-7-12/h11-15H,3-10H2,1-2H3. The van der Waals surface area contributed by atoms with Gasteiger partial charge in [-0.25, -0.2) is 0 Å². The van der Waals surface area contributed by atoms with Gasteiger partial charge in [0.25, 0.3) is 0 Å². The highest BCUT2D eigenvalue weighted by Crippen LogP contribution is 2.41. The molecular weight excluding hydrogens is 214 g/mol. The smallest absolute Gasteiger partial charge is 0.0104 e. The first kappa shape index (κ1) is 12.8. The molecule has 3 unspecified atom stereocenters. The van der Waals surface area contributed by atoms with E-state index in [0.717, 1.165) is 22.5 Å². The maximum absolute atomic E-state index is 3.72. The van der Waals surface area contributed by atoms with E-state index in [0.29, 0.717) is 0 Å². The first-order valence-electron chi connectivity index (χ1n) is 7.20. The van der Waals surface area contributed by atoms with Crippen LogP contribution in [0, 0.1) is 5.92 Å². The second-order valence-electron chi connectivity index (χ2n) is 5.58. The molecule has 0 spiro atoms. The Bertz CT molecular complexity index is 201. The molecule has 0 radical (unpaired) electrons. The van der Waals surface area contributed by atoms with Crippen LogP contribution in [0.2, 0.25) is 0 Å². The van der Waals surface area contributed by atoms with Crippen LogP contribution in [-0.2, 0) is 0 Å². The van der Waals surface area contributed by atoms with Crippen molar-refractivity contribution in [2.45, 2.75) is 75.3 Å². The van der Waals surface area contributed by atoms with Gasteiger partial charge in [-0.05, 0) is 44.6 Å². The summed E-state index contributed by atoms with van der Waals surface area (Å²) >= 11 is 2.32. The molecule has 2 saturated carbocycles. The number of nitrogens with one attached hydrogen (secondary N) is 1. The minimum absolute atomic E-state index is 0.804. The highest BCUT2D eigenvalue weighted by molar-refractivity contribution is 8.00. The van der Waals surface area contributed by atoms with Crippen LogP contribution in [0.3, 0.4) is 0 Å². The average molecular weight is 241 g/mol. The molecule has 0 aromatic carbocycles. The molecule has 0 amide bonds. The molecule has 16 heavy (non-hydrogen) atoms. The van der Waals surface area contributed by atoms with Crippen LogP contribution in [0.1, 0.15) is 58.8 Å². The first-order chi connectivity index (χ1) is 7.81. The third-order valence-corrected chi connectivity index (χ3v) is 6.18. The third kappa shape index (κ3) is 3.16. The van der Waals surface area contributed by atoms with Gasteiger partial charge in [0.1, 0.15) is 0 Å². The second-order valence-corrected chi connectivity index (χ2v) is 7.12. The summed E-state index contributed by atoms with van der Waals surface area (Å²) in [7, 11) is 0. The normalized spacial score (nSPS) is 36.0. The number of rotatable bonds is 5. The summed E-state index contributed by atoms with van der Waals surface area (Å²) in [4.78, 5) is 0. The Labute approximate surface area is 105 Å². The van der Waals surface area contributed by atoms with Gasteiger partial charge in [0, 0.05) is 16.5 Å². The van der Waals surface area contributed by atoms with Crippen molar-refractivity contribution < 1.29 is 0 Å². The van der Waals surface area contributed by atoms with E-state index in [1.54, 1.807) is 0 Å². The van der Waals surface area contributed by atoms with Gasteiger partial charge >= 0.3 is 0 Å². The molecule has 2 aliphatic carbocycles. The van der Waals surface area contributed by atoms with E-state index in [4.69, 9.17) is 0 Å². The molecule has 0 heterocycles. The summed E-state index contributed by atoms with van der Waals surface area (Å²) < 4.78 is 0. The molecule has 2 fully saturated rings. The monoisotopic (exact) mass is 241 g/mol. The van der Waals surface area contributed by atoms with Crippen molar-refractivity contribution >= 4 is 11.8 Å². The topological polar surface area (TPSA) is 12.0 Å². The van der Waals surface area contributed by atoms with Crippen LogP contribution in [0.5, 0.6) is 0 Å². The Morgan fingerprint density at radius 3 is 2.56 bits per heavy atom. The SMILES string of the molecule is CCCNC1CCC(SC2CCCC2)C1C. The van der Waals surface area contributed by atoms with Crippen LogP contribution >= 0.6 is 11.8 Å². The van der Waals surface area contributed by atoms with Gasteiger partial charge in [-0.1, -0.05) is 26.7 Å². The fourth-order valence-electron chi connectivity index (χ4n) is 3.21. The quantitative estimate of drug-likeness (QED) is 0.785. The van der Waals surface area contributed by atoms with E-state index >= 15 is 0 Å². The third-order valence-electron chi connectivity index (χ3n) is 4.31. The van der Waals surface area contributed by atoms with Crippen LogP contribution < -0.4 is 5.32 Å². The van der Waals surface area contributed by atoms with Crippen molar-refractivity contribution in [1.29, 1.82) is 0 Å². The van der Waals surface area contributed by atoms with Crippen LogP contribution in [0.25, 0.3) is 0 Å². The van der Waals surface area contributed by atoms with Gasteiger partial charge in [-0.3, -0.25) is 0 Å². The molecular formula is C14H27NS. The minimum Gasteiger partial charge on any atom is -0.314 e. The van der Waals surface area contributed by atoms with Gasteiger partial charge in [-0.2, -0.15) is 11.8 Å². The maximum Gasteiger partial charge on any atom is 0.0104 e. The molecule has 0 bridgehead atoms. The number of hydrogen-bond donors (Lipinski definition) is 1. The Morgan fingerprint density at radius 2 is 1.88 bits per heavy atom. The van der Waals surface area contributed by atoms with Crippen molar-refractivity contribution in [3.05, 3.63) is 0 Å². The largest absolute Gasteiger partial charge is 0.314 e. The van der Waals surface area contributed by atoms with Crippen LogP contribution in [0.15, 0.2) is 0 Å². The molecule has 2 rings (SSSR count). The molecule has 1 N–H and O–H groups in total. The summed E-state index contributed by atoms with van der Waals surface area (Å²) in [5.41, 5.74) is 0. The summed E-state index contributed by atoms with van der Waals surface area (Å²) in [5.74, 6) is 0.886. The summed E-state index contributed by atoms with van der Waals surface area (Å²) in [6, 6.07) is 0.804. The van der Waals surface area contributed by atoms with Crippen LogP contribution in [-0.4, -0.2) is 23.1 Å². The van der Waals surface area contributed by atoms with Gasteiger partial charge in [0.2, 0.25) is 0 Å². The predicted octanol–water partition coefficient (Wildman–Crippen LogP) is 3.83. The van der Waals surface area contributed by atoms with Crippen molar-refractivity contribution in [2.75, 3.05) is 6.54 Å². The molecule has 0 saturated heterocycles. The van der Waals surface area contributed by atoms with E-state index in [9.17, 15) is 0 Å². The molecule has 3 atom stereocenters. The van der Waals surface area contributed by atoms with Gasteiger partial charge < -0.3 is 5.32 Å². The minimum atomic E-state index is 0.804. The molecule has 1 nitrogen and oxygen atoms in total. The molecule has 0 aromatic rings. The lowest BCUT2D eigenvalue weighted by molar-refractivity contribution is 0.431. The highest BCUT2D eigenvalue weighted by atomic mass is 32.2. The second kappa shape index (κ2) is 6.30. The Hall–Kier alpha value is 0.310. The lowest BCUT2D eigenvalue weighted by Gasteiger charge is -2.23. The molecule has 2 aliphatic rings. The molecule has 94 valence electrons. The Kier molecular flexibility index (Phi) is 5.02. The highest BCUT2D eigenvalue weighted by Gasteiger charge is 2.34. The zero-order valence-corrected chi connectivity index (χ0v) is 11.7. The summed E-state index contributed by atoms with van der Waals surface area (Å²) in [6.45, 7) is 5.93. The zero-order valence-electron chi connectivity index (χ0n) is 10.9. The average Bonchev–Trinajstić information content (AvgIpc) is 2.89. The van der Waals surface area contributed by atoms with E-state index < -0.39 is 0 Å². The number of thioether (sulfide) groups is 1. The first-order valence-corrected chi connectivity index (χ1v) is 8.14. The summed E-state index contributed by atoms with van der Waals surface area (Å²) in [5, 5.41) is 5.66. The molecule has 0 aromatic heterocycles. The lowest BCUT2D eigenvalue weighted by atomic mass is 10.1. The van der Waals surface area contributed by atoms with Crippen molar-refractivity contribution in [1.82, 2.24) is 5.32 Å². The van der Waals surface area contributed by atoms with Gasteiger partial charge in [0.05, 0.1) is 0 Å². The van der Waals surface area contributed by atoms with Crippen molar-refractivity contribution in [3.63, 3.8) is 0 Å². The Morgan fingerprint density at radius 1 is 1.12 bits per heavy atom. The number of hydrogen-bond acceptors (Lipinski definition) is 2. The lowest BCUT2D eigenvalue weighted by Crippen LogP contribution is -2.34. The Balaban J connectivity index is 1.74. The van der Waals surface area contributed by atoms with E-state index in [2.05, 4.69) is 30.9 Å². The zero-order chi connectivity index (χ0) is 11.4. The van der Waals surface area contributed by atoms with E-state index in [1.807, 2.05) is 0 Å². The van der Waals surface area contributed by atoms with Crippen LogP contribution in [0.4, 0.5) is 0 Å². The fourth-order valence-corrected chi connectivity index (χ4v) is 5.02. The summed E-state index contributed by atoms with van der Waals surface area (Å²) in [6.07, 6.45) is 10.1. The van der Waals surface area contributed by atoms with Crippen molar-refractivity contribution in [2.24, 2.45) is 5.92 Å². The van der Waals surface area contributed by atoms with Gasteiger partial charge in [0.15, 0.2) is 0 Å². The predicted molar refractivity (Wildman–Crippen MR) is 74.1 cm³/mol. The van der Waals surface area contributed by atoms with Crippen molar-refractivity contribution in [3.8, 4) is 0 Å². The van der Waals surface area contributed by atoms with E-state index in [-0.39, 0.29) is 0 Å². The molecule has 0 aliphatic heterocycles. The van der Waals surface area contributed by atoms with E-state index in [1.165, 1.54) is 51.5 Å². The fraction of sp³-hybridized carbons (Fsp3) is 1.00. The van der Waals surface area contributed by atoms with Gasteiger partial charge in [-0.15, -0.1) is 0 Å². The molecule has 2 heteroatoms. The maximum atomic E-state index is 3.72.